The number of nitrogens with two attached hydrogens (primary N) is 1. The van der Waals surface area contributed by atoms with E-state index in [0.29, 0.717) is 27.1 Å². The standard InChI is InChI=1S/C34H33F2N7O14P2S/c1-16-10-18(44)4-7-20(16)33(46)53-19-5-2-17(3-6-19)13-60-59(50)52-12-22-27(25(36)31(55-22)42-9-8-23(45)41-34(42)47)56-58(48,49)51-11-21-24(35)28(57-59)32(54-21)43-15-40-26-29(37)38-14-39-30(26)43/h2-10,14-15,21-22,24-25,27-28,31-32,44H,11-13H2,1H3,(H,48,49)(H2,37,38,39)(H,41,45,47)/t21-,22-,24-,25-,27-,28-,31-,32-,59-/m1/s1. The van der Waals surface area contributed by atoms with Gasteiger partial charge >= 0.3 is 26.3 Å². The summed E-state index contributed by atoms with van der Waals surface area (Å²) in [4.78, 5) is 62.0. The number of aromatic amines is 1. The maximum absolute atomic E-state index is 16.5. The number of hydrogen-bond donors (Lipinski definition) is 4. The van der Waals surface area contributed by atoms with Gasteiger partial charge in [-0.15, -0.1) is 0 Å². The van der Waals surface area contributed by atoms with Crippen LogP contribution in [0.25, 0.3) is 11.2 Å². The third kappa shape index (κ3) is 8.53. The number of imidazole rings is 1. The Morgan fingerprint density at radius 1 is 0.967 bits per heavy atom. The second kappa shape index (κ2) is 16.5. The van der Waals surface area contributed by atoms with Crippen molar-refractivity contribution in [2.24, 2.45) is 0 Å². The minimum absolute atomic E-state index is 0.0185. The van der Waals surface area contributed by atoms with Gasteiger partial charge in [-0.2, -0.15) is 0 Å². The van der Waals surface area contributed by atoms with E-state index in [1.54, 1.807) is 19.1 Å². The number of aromatic hydroxyl groups is 1. The first-order valence-corrected chi connectivity index (χ1v) is 22.4. The summed E-state index contributed by atoms with van der Waals surface area (Å²) < 4.78 is 102. The monoisotopic (exact) mass is 895 g/mol. The first-order chi connectivity index (χ1) is 28.6. The van der Waals surface area contributed by atoms with E-state index in [1.807, 2.05) is 4.98 Å². The van der Waals surface area contributed by atoms with Gasteiger partial charge in [0.05, 0.1) is 25.1 Å². The molecule has 26 heteroatoms. The maximum Gasteiger partial charge on any atom is 0.472 e. The van der Waals surface area contributed by atoms with E-state index in [9.17, 15) is 33.5 Å². The number of rotatable bonds is 7. The van der Waals surface area contributed by atoms with E-state index in [4.69, 9.17) is 38.0 Å². The number of H-pyrrole nitrogens is 1. The van der Waals surface area contributed by atoms with Crippen LogP contribution in [-0.2, 0) is 42.5 Å². The van der Waals surface area contributed by atoms with Crippen molar-refractivity contribution >= 4 is 49.0 Å². The van der Waals surface area contributed by atoms with Crippen molar-refractivity contribution in [1.29, 1.82) is 0 Å². The Bertz CT molecular complexity index is 2660. The number of aryl methyl sites for hydroxylation is 1. The first-order valence-electron chi connectivity index (χ1n) is 17.8. The molecule has 0 amide bonds. The number of alkyl halides is 2. The smallest absolute Gasteiger partial charge is 0.472 e. The number of benzene rings is 2. The molecule has 8 rings (SSSR count). The number of nitrogens with one attached hydrogen (secondary N) is 1. The molecule has 0 radical (unpaired) electrons. The van der Waals surface area contributed by atoms with Gasteiger partial charge in [-0.25, -0.2) is 42.5 Å². The minimum Gasteiger partial charge on any atom is -0.508 e. The minimum atomic E-state index is -5.28. The number of aromatic nitrogens is 6. The molecule has 2 aromatic carbocycles. The highest BCUT2D eigenvalue weighted by Gasteiger charge is 2.55. The third-order valence-corrected chi connectivity index (χ3v) is 14.2. The Balaban J connectivity index is 1.09. The van der Waals surface area contributed by atoms with Gasteiger partial charge < -0.3 is 29.9 Å². The summed E-state index contributed by atoms with van der Waals surface area (Å²) in [6.07, 6.45) is -11.9. The quantitative estimate of drug-likeness (QED) is 0.103. The fourth-order valence-corrected chi connectivity index (χ4v) is 10.9. The van der Waals surface area contributed by atoms with Crippen LogP contribution >= 0.6 is 26.0 Å². The number of hydrogen-bond acceptors (Lipinski definition) is 18. The molecule has 5 aromatic rings. The zero-order chi connectivity index (χ0) is 42.5. The van der Waals surface area contributed by atoms with Crippen LogP contribution in [0.4, 0.5) is 14.6 Å². The average molecular weight is 896 g/mol. The second-order valence-corrected chi connectivity index (χ2v) is 19.0. The first kappa shape index (κ1) is 41.8. The zero-order valence-electron chi connectivity index (χ0n) is 30.8. The highest BCUT2D eigenvalue weighted by molar-refractivity contribution is 8.54. The molecule has 0 aliphatic carbocycles. The molecule has 60 heavy (non-hydrogen) atoms. The van der Waals surface area contributed by atoms with Gasteiger partial charge in [-0.3, -0.25) is 37.0 Å². The number of phosphoric ester groups is 1. The number of esters is 1. The lowest BCUT2D eigenvalue weighted by Gasteiger charge is -2.27. The summed E-state index contributed by atoms with van der Waals surface area (Å²) >= 11 is 0.576. The fraction of sp³-hybridized carbons (Fsp3) is 0.353. The number of carbonyl (C=O) groups excluding carboxylic acids is 1. The van der Waals surface area contributed by atoms with Gasteiger partial charge in [-0.1, -0.05) is 12.1 Å². The van der Waals surface area contributed by atoms with Crippen LogP contribution < -0.4 is 21.7 Å². The molecule has 318 valence electrons. The lowest BCUT2D eigenvalue weighted by atomic mass is 10.1. The molecule has 5 N–H and O–H groups in total. The Morgan fingerprint density at radius 3 is 2.47 bits per heavy atom. The largest absolute Gasteiger partial charge is 0.508 e. The SMILES string of the molecule is Cc1cc(O)ccc1C(=O)Oc1ccc(CS[P@]2(=O)OC[C@H]3O[C@@H](n4ccc(=O)[nH]c4=O)[C@H](F)[C@@H]3OP(=O)(O)OC[C@H]3O[C@@H](n4cnc5c(N)ncnc54)[C@H](O2)[C@@H]3F)cc1. The van der Waals surface area contributed by atoms with Crippen LogP contribution in [0.15, 0.2) is 77.0 Å². The number of halogens is 2. The van der Waals surface area contributed by atoms with Gasteiger partial charge in [0, 0.05) is 18.0 Å². The number of carbonyl (C=O) groups is 1. The van der Waals surface area contributed by atoms with Crippen LogP contribution in [0.5, 0.6) is 11.5 Å². The van der Waals surface area contributed by atoms with Gasteiger partial charge in [-0.05, 0) is 59.8 Å². The summed E-state index contributed by atoms with van der Waals surface area (Å²) in [5.74, 6) is -0.705. The molecule has 0 saturated carbocycles. The molecule has 1 unspecified atom stereocenters. The molecular formula is C34H33F2N7O14P2S. The highest BCUT2D eigenvalue weighted by Crippen LogP contribution is 2.65. The van der Waals surface area contributed by atoms with E-state index < -0.39 is 94.3 Å². The molecular weight excluding hydrogens is 862 g/mol. The summed E-state index contributed by atoms with van der Waals surface area (Å²) in [5.41, 5.74) is 5.46. The highest BCUT2D eigenvalue weighted by atomic mass is 32.7. The Morgan fingerprint density at radius 2 is 1.72 bits per heavy atom. The van der Waals surface area contributed by atoms with Gasteiger partial charge in [0.2, 0.25) is 0 Å². The van der Waals surface area contributed by atoms with Crippen molar-refractivity contribution < 1.29 is 65.0 Å². The maximum atomic E-state index is 16.5. The number of fused-ring (bicyclic) bond motifs is 4. The van der Waals surface area contributed by atoms with Crippen molar-refractivity contribution in [3.63, 3.8) is 0 Å². The molecule has 3 aliphatic rings. The number of phenolic OH excluding ortho intramolecular Hbond substituents is 1. The van der Waals surface area contributed by atoms with Crippen molar-refractivity contribution in [2.45, 2.75) is 61.9 Å². The Kier molecular flexibility index (Phi) is 11.5. The number of phenols is 1. The van der Waals surface area contributed by atoms with Gasteiger partial charge in [0.15, 0.2) is 36.3 Å². The van der Waals surface area contributed by atoms with Crippen molar-refractivity contribution in [3.05, 3.63) is 105 Å². The molecule has 3 saturated heterocycles. The number of nitrogens with zero attached hydrogens (tertiary/aromatic N) is 5. The molecule has 21 nitrogen and oxygen atoms in total. The molecule has 3 aliphatic heterocycles. The summed E-state index contributed by atoms with van der Waals surface area (Å²) in [6.45, 7) is -4.89. The molecule has 2 bridgehead atoms. The number of nitrogen functional groups attached to an aromatic ring is 1. The van der Waals surface area contributed by atoms with Crippen molar-refractivity contribution in [1.82, 2.24) is 29.1 Å². The molecule has 3 fully saturated rings. The predicted molar refractivity (Wildman–Crippen MR) is 203 cm³/mol. The molecule has 0 spiro atoms. The zero-order valence-corrected chi connectivity index (χ0v) is 33.4. The van der Waals surface area contributed by atoms with Crippen LogP contribution in [0, 0.1) is 6.92 Å². The van der Waals surface area contributed by atoms with Crippen molar-refractivity contribution in [2.75, 3.05) is 18.9 Å². The van der Waals surface area contributed by atoms with Crippen LogP contribution in [0.3, 0.4) is 0 Å². The molecule has 3 aromatic heterocycles. The summed E-state index contributed by atoms with van der Waals surface area (Å²) in [6, 6.07) is 11.1. The molecule has 10 atom stereocenters. The number of anilines is 1. The van der Waals surface area contributed by atoms with Gasteiger partial charge in [0.1, 0.15) is 47.8 Å². The van der Waals surface area contributed by atoms with E-state index in [2.05, 4.69) is 15.0 Å². The van der Waals surface area contributed by atoms with Crippen LogP contribution in [0.1, 0.15) is 33.9 Å². The predicted octanol–water partition coefficient (Wildman–Crippen LogP) is 3.62. The molecule has 6 heterocycles. The lowest BCUT2D eigenvalue weighted by molar-refractivity contribution is -0.0620. The Hall–Kier alpha value is -4.87. The van der Waals surface area contributed by atoms with E-state index >= 15 is 8.78 Å². The Labute approximate surface area is 339 Å². The van der Waals surface area contributed by atoms with E-state index in [0.717, 1.165) is 18.6 Å². The number of phosphoric acid groups is 1. The second-order valence-electron chi connectivity index (χ2n) is 13.6. The van der Waals surface area contributed by atoms with Crippen LogP contribution in [-0.4, -0.2) is 95.0 Å². The van der Waals surface area contributed by atoms with E-state index in [-0.39, 0.29) is 39.8 Å². The van der Waals surface area contributed by atoms with E-state index in [1.165, 1.54) is 41.2 Å². The normalized spacial score (nSPS) is 30.9. The third-order valence-electron chi connectivity index (χ3n) is 9.58. The van der Waals surface area contributed by atoms with Crippen LogP contribution in [0.2, 0.25) is 0 Å². The number of ether oxygens (including phenoxy) is 3. The average Bonchev–Trinajstić information content (AvgIpc) is 3.86. The summed E-state index contributed by atoms with van der Waals surface area (Å²) in [5, 5.41) is 9.68. The lowest BCUT2D eigenvalue weighted by Crippen LogP contribution is -2.36. The van der Waals surface area contributed by atoms with Gasteiger partial charge in [0.25, 0.3) is 5.56 Å². The topological polar surface area (TPSA) is 281 Å². The van der Waals surface area contributed by atoms with Crippen molar-refractivity contribution in [3.8, 4) is 11.5 Å². The fourth-order valence-electron chi connectivity index (χ4n) is 6.64. The summed E-state index contributed by atoms with van der Waals surface area (Å²) in [7, 11) is -5.28.